The standard InChI is InChI=1S/C11H13NO3/c1-2-15-11(14)10-6-7-5-8(13)3-4-9(7)12-10/h3-6,11-14H,2H2,1H3. The zero-order valence-electron chi connectivity index (χ0n) is 8.40. The summed E-state index contributed by atoms with van der Waals surface area (Å²) in [5, 5.41) is 19.7. The van der Waals surface area contributed by atoms with Gasteiger partial charge in [0.25, 0.3) is 0 Å². The van der Waals surface area contributed by atoms with Gasteiger partial charge in [-0.05, 0) is 31.2 Å². The third-order valence-electron chi connectivity index (χ3n) is 2.22. The number of rotatable bonds is 3. The fourth-order valence-electron chi connectivity index (χ4n) is 1.52. The first-order chi connectivity index (χ1) is 7.20. The van der Waals surface area contributed by atoms with E-state index in [0.717, 1.165) is 10.9 Å². The minimum Gasteiger partial charge on any atom is -0.508 e. The molecule has 0 radical (unpaired) electrons. The largest absolute Gasteiger partial charge is 0.508 e. The molecular formula is C11H13NO3. The summed E-state index contributed by atoms with van der Waals surface area (Å²) < 4.78 is 5.05. The van der Waals surface area contributed by atoms with Gasteiger partial charge in [-0.25, -0.2) is 0 Å². The van der Waals surface area contributed by atoms with E-state index in [0.29, 0.717) is 12.3 Å². The lowest BCUT2D eigenvalue weighted by Crippen LogP contribution is -2.02. The number of H-pyrrole nitrogens is 1. The molecule has 0 aliphatic carbocycles. The van der Waals surface area contributed by atoms with Crippen molar-refractivity contribution in [1.29, 1.82) is 0 Å². The van der Waals surface area contributed by atoms with E-state index in [4.69, 9.17) is 4.74 Å². The highest BCUT2D eigenvalue weighted by Gasteiger charge is 2.10. The second-order valence-electron chi connectivity index (χ2n) is 3.30. The Kier molecular flexibility index (Phi) is 2.62. The van der Waals surface area contributed by atoms with Gasteiger partial charge in [-0.3, -0.25) is 0 Å². The first kappa shape index (κ1) is 10.0. The first-order valence-electron chi connectivity index (χ1n) is 4.82. The second kappa shape index (κ2) is 3.92. The normalized spacial score (nSPS) is 13.2. The van der Waals surface area contributed by atoms with Gasteiger partial charge in [-0.15, -0.1) is 0 Å². The smallest absolute Gasteiger partial charge is 0.196 e. The van der Waals surface area contributed by atoms with Crippen molar-refractivity contribution in [2.24, 2.45) is 0 Å². The number of aliphatic hydroxyl groups is 1. The van der Waals surface area contributed by atoms with Gasteiger partial charge in [-0.2, -0.15) is 0 Å². The summed E-state index contributed by atoms with van der Waals surface area (Å²) in [5.41, 5.74) is 1.46. The Labute approximate surface area is 87.1 Å². The van der Waals surface area contributed by atoms with E-state index in [1.54, 1.807) is 24.3 Å². The maximum absolute atomic E-state index is 9.57. The lowest BCUT2D eigenvalue weighted by molar-refractivity contribution is -0.100. The highest BCUT2D eigenvalue weighted by molar-refractivity contribution is 5.81. The monoisotopic (exact) mass is 207 g/mol. The second-order valence-corrected chi connectivity index (χ2v) is 3.30. The summed E-state index contributed by atoms with van der Waals surface area (Å²) in [4.78, 5) is 3.02. The van der Waals surface area contributed by atoms with Gasteiger partial charge in [0.1, 0.15) is 5.75 Å². The summed E-state index contributed by atoms with van der Waals surface area (Å²) in [6.07, 6.45) is -0.940. The minimum atomic E-state index is -0.940. The molecule has 0 aliphatic heterocycles. The molecule has 2 rings (SSSR count). The van der Waals surface area contributed by atoms with Crippen molar-refractivity contribution in [3.63, 3.8) is 0 Å². The number of phenols is 1. The lowest BCUT2D eigenvalue weighted by atomic mass is 10.2. The van der Waals surface area contributed by atoms with E-state index >= 15 is 0 Å². The molecule has 0 saturated carbocycles. The zero-order valence-corrected chi connectivity index (χ0v) is 8.40. The number of nitrogens with one attached hydrogen (secondary N) is 1. The van der Waals surface area contributed by atoms with E-state index in [1.807, 2.05) is 6.92 Å². The Balaban J connectivity index is 2.38. The fraction of sp³-hybridized carbons (Fsp3) is 0.273. The van der Waals surface area contributed by atoms with Gasteiger partial charge in [0.15, 0.2) is 6.29 Å². The first-order valence-corrected chi connectivity index (χ1v) is 4.82. The van der Waals surface area contributed by atoms with Gasteiger partial charge >= 0.3 is 0 Å². The number of aromatic hydroxyl groups is 1. The van der Waals surface area contributed by atoms with Crippen LogP contribution in [0.1, 0.15) is 18.9 Å². The highest BCUT2D eigenvalue weighted by atomic mass is 16.6. The molecule has 4 heteroatoms. The Morgan fingerprint density at radius 1 is 1.40 bits per heavy atom. The van der Waals surface area contributed by atoms with Crippen molar-refractivity contribution in [2.75, 3.05) is 6.61 Å². The number of benzene rings is 1. The molecule has 3 N–H and O–H groups in total. The third kappa shape index (κ3) is 1.95. The van der Waals surface area contributed by atoms with Crippen molar-refractivity contribution in [3.8, 4) is 5.75 Å². The maximum Gasteiger partial charge on any atom is 0.196 e. The van der Waals surface area contributed by atoms with Crippen LogP contribution in [0.25, 0.3) is 10.9 Å². The van der Waals surface area contributed by atoms with Gasteiger partial charge < -0.3 is 19.9 Å². The number of fused-ring (bicyclic) bond motifs is 1. The summed E-state index contributed by atoms with van der Waals surface area (Å²) in [6.45, 7) is 2.26. The molecule has 80 valence electrons. The molecule has 0 aliphatic rings. The Morgan fingerprint density at radius 3 is 2.93 bits per heavy atom. The molecule has 0 fully saturated rings. The number of hydrogen-bond acceptors (Lipinski definition) is 3. The van der Waals surface area contributed by atoms with Crippen molar-refractivity contribution < 1.29 is 14.9 Å². The quantitative estimate of drug-likeness (QED) is 0.673. The van der Waals surface area contributed by atoms with Crippen LogP contribution in [0, 0.1) is 0 Å². The molecular weight excluding hydrogens is 194 g/mol. The number of aromatic nitrogens is 1. The molecule has 0 saturated heterocycles. The summed E-state index contributed by atoms with van der Waals surface area (Å²) in [7, 11) is 0. The average Bonchev–Trinajstić information content (AvgIpc) is 2.60. The number of phenolic OH excluding ortho intramolecular Hbond substituents is 1. The third-order valence-corrected chi connectivity index (χ3v) is 2.22. The van der Waals surface area contributed by atoms with Crippen molar-refractivity contribution in [1.82, 2.24) is 4.98 Å². The summed E-state index contributed by atoms with van der Waals surface area (Å²) in [6, 6.07) is 6.74. The molecule has 1 unspecified atom stereocenters. The van der Waals surface area contributed by atoms with Crippen molar-refractivity contribution >= 4 is 10.9 Å². The van der Waals surface area contributed by atoms with Crippen LogP contribution < -0.4 is 0 Å². The molecule has 1 heterocycles. The number of aromatic amines is 1. The zero-order chi connectivity index (χ0) is 10.8. The fourth-order valence-corrected chi connectivity index (χ4v) is 1.52. The molecule has 0 amide bonds. The Morgan fingerprint density at radius 2 is 2.20 bits per heavy atom. The van der Waals surface area contributed by atoms with Crippen LogP contribution >= 0.6 is 0 Å². The van der Waals surface area contributed by atoms with Crippen LogP contribution in [0.3, 0.4) is 0 Å². The van der Waals surface area contributed by atoms with Crippen molar-refractivity contribution in [3.05, 3.63) is 30.0 Å². The summed E-state index contributed by atoms with van der Waals surface area (Å²) in [5.74, 6) is 0.207. The van der Waals surface area contributed by atoms with Crippen LogP contribution in [-0.4, -0.2) is 21.8 Å². The van der Waals surface area contributed by atoms with Crippen LogP contribution in [0.15, 0.2) is 24.3 Å². The number of aliphatic hydroxyl groups excluding tert-OH is 1. The SMILES string of the molecule is CCOC(O)c1cc2cc(O)ccc2[nH]1. The van der Waals surface area contributed by atoms with Gasteiger partial charge in [0.2, 0.25) is 0 Å². The van der Waals surface area contributed by atoms with E-state index in [-0.39, 0.29) is 5.75 Å². The number of ether oxygens (including phenoxy) is 1. The molecule has 1 aromatic heterocycles. The van der Waals surface area contributed by atoms with Gasteiger partial charge in [0.05, 0.1) is 5.69 Å². The molecule has 15 heavy (non-hydrogen) atoms. The van der Waals surface area contributed by atoms with Crippen LogP contribution in [0.2, 0.25) is 0 Å². The molecule has 0 spiro atoms. The molecule has 0 bridgehead atoms. The van der Waals surface area contributed by atoms with E-state index in [1.165, 1.54) is 0 Å². The summed E-state index contributed by atoms with van der Waals surface area (Å²) >= 11 is 0. The van der Waals surface area contributed by atoms with Crippen molar-refractivity contribution in [2.45, 2.75) is 13.2 Å². The molecule has 1 atom stereocenters. The highest BCUT2D eigenvalue weighted by Crippen LogP contribution is 2.23. The van der Waals surface area contributed by atoms with Crippen LogP contribution in [-0.2, 0) is 4.74 Å². The van der Waals surface area contributed by atoms with Crippen LogP contribution in [0.5, 0.6) is 5.75 Å². The van der Waals surface area contributed by atoms with Gasteiger partial charge in [0, 0.05) is 17.5 Å². The Bertz CT molecular complexity index is 464. The topological polar surface area (TPSA) is 65.5 Å². The lowest BCUT2D eigenvalue weighted by Gasteiger charge is -2.07. The predicted octanol–water partition coefficient (Wildman–Crippen LogP) is 1.90. The maximum atomic E-state index is 9.57. The van der Waals surface area contributed by atoms with Gasteiger partial charge in [-0.1, -0.05) is 0 Å². The molecule has 1 aromatic carbocycles. The minimum absolute atomic E-state index is 0.207. The van der Waals surface area contributed by atoms with Crippen LogP contribution in [0.4, 0.5) is 0 Å². The number of hydrogen-bond donors (Lipinski definition) is 3. The molecule has 4 nitrogen and oxygen atoms in total. The van der Waals surface area contributed by atoms with E-state index in [2.05, 4.69) is 4.98 Å². The predicted molar refractivity (Wildman–Crippen MR) is 56.5 cm³/mol. The Hall–Kier alpha value is -1.52. The average molecular weight is 207 g/mol. The van der Waals surface area contributed by atoms with E-state index in [9.17, 15) is 10.2 Å². The molecule has 2 aromatic rings. The van der Waals surface area contributed by atoms with E-state index < -0.39 is 6.29 Å².